The Balaban J connectivity index is 2.27. The minimum atomic E-state index is 0.313. The van der Waals surface area contributed by atoms with Crippen LogP contribution in [0.4, 0.5) is 0 Å². The number of hydrogen-bond donors (Lipinski definition) is 4. The average molecular weight is 199 g/mol. The fraction of sp³-hybridized carbons (Fsp3) is 0.889. The van der Waals surface area contributed by atoms with Gasteiger partial charge in [0.25, 0.3) is 0 Å². The van der Waals surface area contributed by atoms with Gasteiger partial charge in [0.15, 0.2) is 0 Å². The van der Waals surface area contributed by atoms with Crippen molar-refractivity contribution in [2.45, 2.75) is 44.7 Å². The highest BCUT2D eigenvalue weighted by Crippen LogP contribution is 2.16. The van der Waals surface area contributed by atoms with E-state index in [9.17, 15) is 0 Å². The number of guanidine groups is 1. The molecule has 1 aliphatic carbocycles. The average Bonchev–Trinajstić information content (AvgIpc) is 2.20. The van der Waals surface area contributed by atoms with Crippen molar-refractivity contribution < 1.29 is 0 Å². The van der Waals surface area contributed by atoms with E-state index in [1.54, 1.807) is 0 Å². The van der Waals surface area contributed by atoms with E-state index >= 15 is 0 Å². The quantitative estimate of drug-likeness (QED) is 0.218. The van der Waals surface area contributed by atoms with Crippen molar-refractivity contribution in [3.8, 4) is 0 Å². The van der Waals surface area contributed by atoms with Gasteiger partial charge in [-0.15, -0.1) is 0 Å². The summed E-state index contributed by atoms with van der Waals surface area (Å²) in [6.07, 6.45) is 4.17. The first-order valence-corrected chi connectivity index (χ1v) is 5.26. The van der Waals surface area contributed by atoms with Gasteiger partial charge >= 0.3 is 0 Å². The van der Waals surface area contributed by atoms with E-state index in [2.05, 4.69) is 5.32 Å². The molecule has 6 N–H and O–H groups in total. The summed E-state index contributed by atoms with van der Waals surface area (Å²) in [4.78, 5) is 0. The number of rotatable bonds is 2. The van der Waals surface area contributed by atoms with Gasteiger partial charge in [-0.2, -0.15) is 0 Å². The second-order valence-corrected chi connectivity index (χ2v) is 3.89. The lowest BCUT2D eigenvalue weighted by Crippen LogP contribution is -2.50. The third-order valence-corrected chi connectivity index (χ3v) is 2.74. The molecule has 5 heteroatoms. The maximum absolute atomic E-state index is 7.64. The third kappa shape index (κ3) is 3.16. The molecule has 5 nitrogen and oxygen atoms in total. The standard InChI is InChI=1S/C9H21N5/c1-2-14(12)9(11)13-8-5-3-7(10)4-6-8/h7-8H,2-6,10,12H2,1H3,(H2,11,13)/t7-,8-. The molecule has 1 saturated carbocycles. The summed E-state index contributed by atoms with van der Waals surface area (Å²) < 4.78 is 0. The Kier molecular flexibility index (Phi) is 4.16. The summed E-state index contributed by atoms with van der Waals surface area (Å²) in [5.74, 6) is 5.90. The summed E-state index contributed by atoms with van der Waals surface area (Å²) >= 11 is 0. The fourth-order valence-electron chi connectivity index (χ4n) is 1.70. The topological polar surface area (TPSA) is 91.2 Å². The van der Waals surface area contributed by atoms with E-state index < -0.39 is 0 Å². The van der Waals surface area contributed by atoms with Crippen LogP contribution in [0.5, 0.6) is 0 Å². The Labute approximate surface area is 85.3 Å². The van der Waals surface area contributed by atoms with Gasteiger partial charge in [-0.05, 0) is 32.6 Å². The summed E-state index contributed by atoms with van der Waals surface area (Å²) in [6.45, 7) is 2.57. The normalized spacial score (nSPS) is 27.1. The molecule has 14 heavy (non-hydrogen) atoms. The lowest BCUT2D eigenvalue weighted by atomic mass is 9.92. The lowest BCUT2D eigenvalue weighted by Gasteiger charge is -2.29. The van der Waals surface area contributed by atoms with Crippen LogP contribution in [0.15, 0.2) is 0 Å². The summed E-state index contributed by atoms with van der Waals surface area (Å²) in [5, 5.41) is 12.2. The minimum Gasteiger partial charge on any atom is -0.353 e. The molecule has 0 unspecified atom stereocenters. The predicted octanol–water partition coefficient (Wildman–Crippen LogP) is -0.0237. The van der Waals surface area contributed by atoms with Crippen LogP contribution >= 0.6 is 0 Å². The number of nitrogens with two attached hydrogens (primary N) is 2. The molecule has 0 radical (unpaired) electrons. The molecule has 0 aliphatic heterocycles. The van der Waals surface area contributed by atoms with Crippen molar-refractivity contribution in [3.63, 3.8) is 0 Å². The van der Waals surface area contributed by atoms with E-state index in [0.717, 1.165) is 25.7 Å². The van der Waals surface area contributed by atoms with Crippen LogP contribution in [0.2, 0.25) is 0 Å². The van der Waals surface area contributed by atoms with Crippen molar-refractivity contribution >= 4 is 5.96 Å². The van der Waals surface area contributed by atoms with Crippen LogP contribution in [0.1, 0.15) is 32.6 Å². The zero-order valence-electron chi connectivity index (χ0n) is 8.79. The Hall–Kier alpha value is -0.810. The Bertz CT molecular complexity index is 186. The van der Waals surface area contributed by atoms with Crippen LogP contribution < -0.4 is 16.9 Å². The highest BCUT2D eigenvalue weighted by atomic mass is 15.5. The first-order chi connectivity index (χ1) is 6.63. The molecule has 0 heterocycles. The first-order valence-electron chi connectivity index (χ1n) is 5.26. The second-order valence-electron chi connectivity index (χ2n) is 3.89. The molecule has 0 aromatic heterocycles. The van der Waals surface area contributed by atoms with Gasteiger partial charge in [-0.25, -0.2) is 5.84 Å². The van der Waals surface area contributed by atoms with Gasteiger partial charge in [0, 0.05) is 18.6 Å². The van der Waals surface area contributed by atoms with E-state index in [1.165, 1.54) is 5.01 Å². The summed E-state index contributed by atoms with van der Waals surface area (Å²) in [5.41, 5.74) is 5.80. The van der Waals surface area contributed by atoms with Gasteiger partial charge in [0.05, 0.1) is 0 Å². The summed E-state index contributed by atoms with van der Waals surface area (Å²) in [6, 6.07) is 0.724. The molecule has 1 fully saturated rings. The van der Waals surface area contributed by atoms with E-state index in [4.69, 9.17) is 17.0 Å². The Morgan fingerprint density at radius 1 is 1.43 bits per heavy atom. The maximum atomic E-state index is 7.64. The van der Waals surface area contributed by atoms with Gasteiger partial charge in [-0.3, -0.25) is 10.4 Å². The zero-order valence-corrected chi connectivity index (χ0v) is 8.79. The van der Waals surface area contributed by atoms with E-state index in [-0.39, 0.29) is 0 Å². The number of nitrogens with zero attached hydrogens (tertiary/aromatic N) is 1. The molecule has 82 valence electrons. The molecule has 0 atom stereocenters. The monoisotopic (exact) mass is 199 g/mol. The fourth-order valence-corrected chi connectivity index (χ4v) is 1.70. The smallest absolute Gasteiger partial charge is 0.205 e. The molecule has 0 aromatic rings. The van der Waals surface area contributed by atoms with E-state index in [0.29, 0.717) is 24.6 Å². The van der Waals surface area contributed by atoms with Gasteiger partial charge < -0.3 is 11.1 Å². The molecule has 1 rings (SSSR count). The van der Waals surface area contributed by atoms with Crippen LogP contribution in [0, 0.1) is 5.41 Å². The van der Waals surface area contributed by atoms with Crippen LogP contribution in [-0.2, 0) is 0 Å². The molecule has 0 aromatic carbocycles. The van der Waals surface area contributed by atoms with Gasteiger partial charge in [-0.1, -0.05) is 0 Å². The molecular formula is C9H21N5. The predicted molar refractivity (Wildman–Crippen MR) is 57.7 cm³/mol. The highest BCUT2D eigenvalue weighted by molar-refractivity contribution is 5.76. The van der Waals surface area contributed by atoms with Crippen LogP contribution in [0.25, 0.3) is 0 Å². The number of hydrazine groups is 1. The Morgan fingerprint density at radius 3 is 2.50 bits per heavy atom. The van der Waals surface area contributed by atoms with Crippen LogP contribution in [-0.4, -0.2) is 29.6 Å². The Morgan fingerprint density at radius 2 is 2.00 bits per heavy atom. The van der Waals surface area contributed by atoms with Crippen molar-refractivity contribution in [2.75, 3.05) is 6.54 Å². The molecule has 0 spiro atoms. The molecule has 1 aliphatic rings. The number of hydrogen-bond acceptors (Lipinski definition) is 3. The van der Waals surface area contributed by atoms with Gasteiger partial charge in [0.2, 0.25) is 5.96 Å². The number of nitrogens with one attached hydrogen (secondary N) is 2. The van der Waals surface area contributed by atoms with Crippen LogP contribution in [0.3, 0.4) is 0 Å². The van der Waals surface area contributed by atoms with Gasteiger partial charge in [0.1, 0.15) is 0 Å². The summed E-state index contributed by atoms with van der Waals surface area (Å²) in [7, 11) is 0. The van der Waals surface area contributed by atoms with Crippen molar-refractivity contribution in [1.29, 1.82) is 5.41 Å². The van der Waals surface area contributed by atoms with Crippen molar-refractivity contribution in [1.82, 2.24) is 10.3 Å². The molecule has 0 amide bonds. The zero-order chi connectivity index (χ0) is 10.6. The third-order valence-electron chi connectivity index (χ3n) is 2.74. The van der Waals surface area contributed by atoms with Crippen molar-refractivity contribution in [2.24, 2.45) is 11.6 Å². The molecule has 0 bridgehead atoms. The maximum Gasteiger partial charge on any atom is 0.205 e. The molecular weight excluding hydrogens is 178 g/mol. The second kappa shape index (κ2) is 5.17. The first kappa shape index (κ1) is 11.3. The van der Waals surface area contributed by atoms with E-state index in [1.807, 2.05) is 6.92 Å². The SMILES string of the molecule is CCN(N)C(=N)N[C@H]1CC[C@H](N)CC1. The molecule has 0 saturated heterocycles. The van der Waals surface area contributed by atoms with Crippen molar-refractivity contribution in [3.05, 3.63) is 0 Å². The highest BCUT2D eigenvalue weighted by Gasteiger charge is 2.19. The lowest BCUT2D eigenvalue weighted by molar-refractivity contribution is 0.352. The largest absolute Gasteiger partial charge is 0.353 e. The minimum absolute atomic E-state index is 0.313.